The van der Waals surface area contributed by atoms with E-state index < -0.39 is 5.60 Å². The second-order valence-corrected chi connectivity index (χ2v) is 6.68. The standard InChI is InChI=1S/C15H29N3O3/c1-15(2,3)21-14(20)17-8-5-4-6-9-18-10-7-12(11-18)13(16)19/h12H,4-11H2,1-3H3,(H2,16,19)(H,17,20)/t12-/m0/s1. The molecule has 1 aliphatic rings. The molecule has 1 saturated heterocycles. The summed E-state index contributed by atoms with van der Waals surface area (Å²) in [4.78, 5) is 24.8. The Bertz CT molecular complexity index is 353. The zero-order chi connectivity index (χ0) is 15.9. The van der Waals surface area contributed by atoms with Crippen LogP contribution in [-0.4, -0.2) is 48.7 Å². The number of nitrogens with zero attached hydrogens (tertiary/aromatic N) is 1. The molecule has 21 heavy (non-hydrogen) atoms. The maximum atomic E-state index is 11.4. The van der Waals surface area contributed by atoms with Gasteiger partial charge in [0.15, 0.2) is 0 Å². The van der Waals surface area contributed by atoms with Crippen molar-refractivity contribution in [1.82, 2.24) is 10.2 Å². The van der Waals surface area contributed by atoms with E-state index in [9.17, 15) is 9.59 Å². The predicted molar refractivity (Wildman–Crippen MR) is 81.8 cm³/mol. The number of carbonyl (C=O) groups is 2. The minimum absolute atomic E-state index is 0.0267. The van der Waals surface area contributed by atoms with Crippen LogP contribution < -0.4 is 11.1 Å². The van der Waals surface area contributed by atoms with Crippen molar-refractivity contribution >= 4 is 12.0 Å². The summed E-state index contributed by atoms with van der Waals surface area (Å²) in [5.41, 5.74) is 4.86. The lowest BCUT2D eigenvalue weighted by Crippen LogP contribution is -2.33. The van der Waals surface area contributed by atoms with Gasteiger partial charge >= 0.3 is 6.09 Å². The van der Waals surface area contributed by atoms with Crippen molar-refractivity contribution in [3.05, 3.63) is 0 Å². The highest BCUT2D eigenvalue weighted by Gasteiger charge is 2.25. The Kier molecular flexibility index (Phi) is 6.95. The van der Waals surface area contributed by atoms with Crippen LogP contribution in [0.5, 0.6) is 0 Å². The predicted octanol–water partition coefficient (Wildman–Crippen LogP) is 1.49. The van der Waals surface area contributed by atoms with Crippen LogP contribution in [0.25, 0.3) is 0 Å². The van der Waals surface area contributed by atoms with E-state index in [2.05, 4.69) is 10.2 Å². The van der Waals surface area contributed by atoms with Gasteiger partial charge in [-0.15, -0.1) is 0 Å². The molecule has 0 saturated carbocycles. The van der Waals surface area contributed by atoms with Gasteiger partial charge in [-0.2, -0.15) is 0 Å². The Morgan fingerprint density at radius 1 is 1.29 bits per heavy atom. The molecular weight excluding hydrogens is 270 g/mol. The first-order valence-corrected chi connectivity index (χ1v) is 7.76. The van der Waals surface area contributed by atoms with Crippen molar-refractivity contribution in [2.45, 2.75) is 52.1 Å². The number of likely N-dealkylation sites (tertiary alicyclic amines) is 1. The van der Waals surface area contributed by atoms with Crippen molar-refractivity contribution in [1.29, 1.82) is 0 Å². The third kappa shape index (κ3) is 7.90. The van der Waals surface area contributed by atoms with Crippen molar-refractivity contribution in [2.24, 2.45) is 11.7 Å². The first-order valence-electron chi connectivity index (χ1n) is 7.76. The number of primary amides is 1. The number of alkyl carbamates (subject to hydrolysis) is 1. The minimum atomic E-state index is -0.448. The van der Waals surface area contributed by atoms with Crippen LogP contribution in [-0.2, 0) is 9.53 Å². The second kappa shape index (κ2) is 8.22. The number of nitrogens with two attached hydrogens (primary N) is 1. The normalized spacial score (nSPS) is 19.5. The summed E-state index contributed by atoms with van der Waals surface area (Å²) in [7, 11) is 0. The maximum absolute atomic E-state index is 11.4. The molecule has 1 atom stereocenters. The van der Waals surface area contributed by atoms with Gasteiger partial charge in [-0.25, -0.2) is 4.79 Å². The molecular formula is C15H29N3O3. The molecule has 0 aromatic carbocycles. The van der Waals surface area contributed by atoms with Gasteiger partial charge in [0.05, 0.1) is 5.92 Å². The van der Waals surface area contributed by atoms with Gasteiger partial charge < -0.3 is 20.7 Å². The highest BCUT2D eigenvalue weighted by Crippen LogP contribution is 2.16. The molecule has 1 fully saturated rings. The lowest BCUT2D eigenvalue weighted by molar-refractivity contribution is -0.121. The van der Waals surface area contributed by atoms with Gasteiger partial charge in [0.1, 0.15) is 5.60 Å². The molecule has 0 bridgehead atoms. The van der Waals surface area contributed by atoms with Crippen LogP contribution in [0.15, 0.2) is 0 Å². The van der Waals surface area contributed by atoms with E-state index >= 15 is 0 Å². The van der Waals surface area contributed by atoms with Crippen LogP contribution in [0.1, 0.15) is 46.5 Å². The molecule has 0 aromatic rings. The number of carbonyl (C=O) groups excluding carboxylic acids is 2. The fourth-order valence-electron chi connectivity index (χ4n) is 2.41. The first kappa shape index (κ1) is 17.8. The summed E-state index contributed by atoms with van der Waals surface area (Å²) in [6.07, 6.45) is 3.59. The summed E-state index contributed by atoms with van der Waals surface area (Å²) in [6.45, 7) is 8.94. The lowest BCUT2D eigenvalue weighted by Gasteiger charge is -2.19. The van der Waals surface area contributed by atoms with Crippen molar-refractivity contribution in [3.8, 4) is 0 Å². The Hall–Kier alpha value is -1.30. The zero-order valence-electron chi connectivity index (χ0n) is 13.5. The third-order valence-corrected chi connectivity index (χ3v) is 3.49. The average molecular weight is 299 g/mol. The lowest BCUT2D eigenvalue weighted by atomic mass is 10.1. The molecule has 2 amide bonds. The van der Waals surface area contributed by atoms with E-state index in [4.69, 9.17) is 10.5 Å². The number of rotatable bonds is 7. The molecule has 0 spiro atoms. The summed E-state index contributed by atoms with van der Waals surface area (Å²) in [6, 6.07) is 0. The molecule has 122 valence electrons. The Balaban J connectivity index is 1.98. The van der Waals surface area contributed by atoms with Gasteiger partial charge in [-0.3, -0.25) is 4.79 Å². The monoisotopic (exact) mass is 299 g/mol. The summed E-state index contributed by atoms with van der Waals surface area (Å²) < 4.78 is 5.16. The molecule has 0 unspecified atom stereocenters. The number of hydrogen-bond donors (Lipinski definition) is 2. The van der Waals surface area contributed by atoms with E-state index in [1.165, 1.54) is 0 Å². The molecule has 6 heteroatoms. The van der Waals surface area contributed by atoms with Crippen molar-refractivity contribution in [2.75, 3.05) is 26.2 Å². The molecule has 3 N–H and O–H groups in total. The molecule has 6 nitrogen and oxygen atoms in total. The molecule has 0 aromatic heterocycles. The Morgan fingerprint density at radius 3 is 2.57 bits per heavy atom. The molecule has 0 aliphatic carbocycles. The van der Waals surface area contributed by atoms with E-state index in [-0.39, 0.29) is 17.9 Å². The van der Waals surface area contributed by atoms with Crippen molar-refractivity contribution in [3.63, 3.8) is 0 Å². The third-order valence-electron chi connectivity index (χ3n) is 3.49. The van der Waals surface area contributed by atoms with Gasteiger partial charge in [0.25, 0.3) is 0 Å². The van der Waals surface area contributed by atoms with Gasteiger partial charge in [-0.1, -0.05) is 6.42 Å². The highest BCUT2D eigenvalue weighted by atomic mass is 16.6. The number of ether oxygens (including phenoxy) is 1. The van der Waals surface area contributed by atoms with Gasteiger partial charge in [-0.05, 0) is 53.1 Å². The molecule has 1 aliphatic heterocycles. The van der Waals surface area contributed by atoms with Gasteiger partial charge in [0.2, 0.25) is 5.91 Å². The van der Waals surface area contributed by atoms with Crippen LogP contribution in [0, 0.1) is 5.92 Å². The fourth-order valence-corrected chi connectivity index (χ4v) is 2.41. The van der Waals surface area contributed by atoms with E-state index in [1.54, 1.807) is 0 Å². The largest absolute Gasteiger partial charge is 0.444 e. The second-order valence-electron chi connectivity index (χ2n) is 6.68. The quantitative estimate of drug-likeness (QED) is 0.698. The number of nitrogens with one attached hydrogen (secondary N) is 1. The Morgan fingerprint density at radius 2 is 2.00 bits per heavy atom. The van der Waals surface area contributed by atoms with E-state index in [0.717, 1.165) is 45.3 Å². The van der Waals surface area contributed by atoms with E-state index in [0.29, 0.717) is 6.54 Å². The highest BCUT2D eigenvalue weighted by molar-refractivity contribution is 5.77. The number of unbranched alkanes of at least 4 members (excludes halogenated alkanes) is 2. The van der Waals surface area contributed by atoms with Gasteiger partial charge in [0, 0.05) is 13.1 Å². The molecule has 1 rings (SSSR count). The fraction of sp³-hybridized carbons (Fsp3) is 0.867. The topological polar surface area (TPSA) is 84.7 Å². The smallest absolute Gasteiger partial charge is 0.407 e. The van der Waals surface area contributed by atoms with Crippen LogP contribution in [0.2, 0.25) is 0 Å². The number of hydrogen-bond acceptors (Lipinski definition) is 4. The Labute approximate surface area is 127 Å². The zero-order valence-corrected chi connectivity index (χ0v) is 13.5. The first-order chi connectivity index (χ1) is 9.78. The minimum Gasteiger partial charge on any atom is -0.444 e. The number of amides is 2. The maximum Gasteiger partial charge on any atom is 0.407 e. The van der Waals surface area contributed by atoms with Crippen LogP contribution in [0.4, 0.5) is 4.79 Å². The van der Waals surface area contributed by atoms with Crippen LogP contribution >= 0.6 is 0 Å². The molecule has 1 heterocycles. The summed E-state index contributed by atoms with van der Waals surface area (Å²) >= 11 is 0. The van der Waals surface area contributed by atoms with E-state index in [1.807, 2.05) is 20.8 Å². The van der Waals surface area contributed by atoms with Crippen LogP contribution in [0.3, 0.4) is 0 Å². The summed E-state index contributed by atoms with van der Waals surface area (Å²) in [5.74, 6) is -0.155. The average Bonchev–Trinajstić information content (AvgIpc) is 2.80. The van der Waals surface area contributed by atoms with Crippen molar-refractivity contribution < 1.29 is 14.3 Å². The molecule has 0 radical (unpaired) electrons. The summed E-state index contributed by atoms with van der Waals surface area (Å²) in [5, 5.41) is 2.75. The SMILES string of the molecule is CC(C)(C)OC(=O)NCCCCCN1CC[C@H](C(N)=O)C1.